The van der Waals surface area contributed by atoms with Crippen LogP contribution in [0, 0.1) is 11.3 Å². The van der Waals surface area contributed by atoms with Crippen LogP contribution in [-0.4, -0.2) is 31.7 Å². The van der Waals surface area contributed by atoms with E-state index in [1.54, 1.807) is 0 Å². The van der Waals surface area contributed by atoms with Crippen LogP contribution in [-0.2, 0) is 4.74 Å². The first-order valence-electron chi connectivity index (χ1n) is 5.16. The smallest absolute Gasteiger partial charge is 0.250 e. The van der Waals surface area contributed by atoms with Crippen molar-refractivity contribution in [3.8, 4) is 0 Å². The molecule has 1 aliphatic carbocycles. The monoisotopic (exact) mass is 205 g/mol. The molecule has 1 heterocycles. The van der Waals surface area contributed by atoms with Crippen molar-refractivity contribution in [2.24, 2.45) is 11.3 Å². The number of hydrogen-bond acceptors (Lipinski definition) is 2. The number of nitrogens with one attached hydrogen (secondary N) is 1. The van der Waals surface area contributed by atoms with Gasteiger partial charge in [0.2, 0.25) is 0 Å². The zero-order valence-corrected chi connectivity index (χ0v) is 8.59. The van der Waals surface area contributed by atoms with Gasteiger partial charge in [0, 0.05) is 24.0 Å². The predicted octanol–water partition coefficient (Wildman–Crippen LogP) is 1.65. The minimum Gasteiger partial charge on any atom is -0.377 e. The summed E-state index contributed by atoms with van der Waals surface area (Å²) in [4.78, 5) is 0. The summed E-state index contributed by atoms with van der Waals surface area (Å²) in [5.41, 5.74) is 0.00998. The number of hydrogen-bond donors (Lipinski definition) is 1. The molecule has 1 N–H and O–H groups in total. The molecular weight excluding hydrogens is 188 g/mol. The lowest BCUT2D eigenvalue weighted by Crippen LogP contribution is -2.66. The highest BCUT2D eigenvalue weighted by Crippen LogP contribution is 2.51. The normalized spacial score (nSPS) is 39.6. The topological polar surface area (TPSA) is 21.3 Å². The van der Waals surface area contributed by atoms with Crippen LogP contribution in [0.4, 0.5) is 8.78 Å². The van der Waals surface area contributed by atoms with Gasteiger partial charge in [-0.15, -0.1) is 0 Å². The van der Waals surface area contributed by atoms with Gasteiger partial charge in [-0.2, -0.15) is 0 Å². The molecule has 2 rings (SSSR count). The van der Waals surface area contributed by atoms with E-state index in [1.807, 2.05) is 0 Å². The summed E-state index contributed by atoms with van der Waals surface area (Å²) in [5.74, 6) is 0.448. The van der Waals surface area contributed by atoms with Gasteiger partial charge in [-0.3, -0.25) is 0 Å². The number of ether oxygens (including phenoxy) is 1. The summed E-state index contributed by atoms with van der Waals surface area (Å²) in [7, 11) is 0. The average molecular weight is 205 g/mol. The first-order valence-corrected chi connectivity index (χ1v) is 5.16. The second-order valence-electron chi connectivity index (χ2n) is 4.84. The Morgan fingerprint density at radius 1 is 1.50 bits per heavy atom. The third kappa shape index (κ3) is 1.44. The van der Waals surface area contributed by atoms with Crippen molar-refractivity contribution in [3.05, 3.63) is 0 Å². The van der Waals surface area contributed by atoms with Crippen LogP contribution in [0.15, 0.2) is 0 Å². The van der Waals surface area contributed by atoms with Crippen molar-refractivity contribution < 1.29 is 13.5 Å². The van der Waals surface area contributed by atoms with Gasteiger partial charge >= 0.3 is 0 Å². The second kappa shape index (κ2) is 3.42. The van der Waals surface area contributed by atoms with Gasteiger partial charge in [0.05, 0.1) is 12.6 Å². The standard InChI is InChI=1S/C10H17F2NO/c1-10(2)8(13-5-7(11)12)6-3-4-14-9(6)10/h6-9,13H,3-5H2,1-2H3. The van der Waals surface area contributed by atoms with Crippen molar-refractivity contribution in [1.29, 1.82) is 0 Å². The zero-order chi connectivity index (χ0) is 10.3. The Labute approximate surface area is 83.0 Å². The van der Waals surface area contributed by atoms with E-state index in [4.69, 9.17) is 4.74 Å². The fourth-order valence-corrected chi connectivity index (χ4v) is 2.95. The lowest BCUT2D eigenvalue weighted by molar-refractivity contribution is -0.114. The Morgan fingerprint density at radius 3 is 2.86 bits per heavy atom. The van der Waals surface area contributed by atoms with E-state index in [2.05, 4.69) is 19.2 Å². The highest BCUT2D eigenvalue weighted by atomic mass is 19.3. The molecule has 2 aliphatic rings. The maximum atomic E-state index is 12.1. The van der Waals surface area contributed by atoms with Crippen LogP contribution in [0.1, 0.15) is 20.3 Å². The minimum atomic E-state index is -2.26. The van der Waals surface area contributed by atoms with E-state index in [0.717, 1.165) is 13.0 Å². The van der Waals surface area contributed by atoms with Gasteiger partial charge in [-0.1, -0.05) is 13.8 Å². The highest BCUT2D eigenvalue weighted by Gasteiger charge is 2.58. The maximum absolute atomic E-state index is 12.1. The molecular formula is C10H17F2NO. The van der Waals surface area contributed by atoms with Crippen molar-refractivity contribution in [2.75, 3.05) is 13.2 Å². The molecule has 0 aromatic carbocycles. The van der Waals surface area contributed by atoms with Crippen LogP contribution in [0.3, 0.4) is 0 Å². The van der Waals surface area contributed by atoms with E-state index in [0.29, 0.717) is 5.92 Å². The lowest BCUT2D eigenvalue weighted by Gasteiger charge is -2.54. The molecule has 0 amide bonds. The molecule has 2 nitrogen and oxygen atoms in total. The number of fused-ring (bicyclic) bond motifs is 1. The molecule has 82 valence electrons. The van der Waals surface area contributed by atoms with Gasteiger partial charge < -0.3 is 10.1 Å². The Hall–Kier alpha value is -0.220. The van der Waals surface area contributed by atoms with Gasteiger partial charge in [-0.05, 0) is 6.42 Å². The van der Waals surface area contributed by atoms with Crippen LogP contribution in [0.2, 0.25) is 0 Å². The second-order valence-corrected chi connectivity index (χ2v) is 4.84. The van der Waals surface area contributed by atoms with Crippen molar-refractivity contribution in [3.63, 3.8) is 0 Å². The van der Waals surface area contributed by atoms with Crippen molar-refractivity contribution >= 4 is 0 Å². The van der Waals surface area contributed by atoms with Crippen LogP contribution < -0.4 is 5.32 Å². The third-order valence-electron chi connectivity index (χ3n) is 3.59. The van der Waals surface area contributed by atoms with Crippen LogP contribution >= 0.6 is 0 Å². The number of alkyl halides is 2. The molecule has 0 aromatic heterocycles. The molecule has 1 saturated carbocycles. The summed E-state index contributed by atoms with van der Waals surface area (Å²) in [6.45, 7) is 4.76. The van der Waals surface area contributed by atoms with Crippen molar-refractivity contribution in [1.82, 2.24) is 5.32 Å². The summed E-state index contributed by atoms with van der Waals surface area (Å²) >= 11 is 0. The fraction of sp³-hybridized carbons (Fsp3) is 1.00. The molecule has 14 heavy (non-hydrogen) atoms. The van der Waals surface area contributed by atoms with Gasteiger partial charge in [-0.25, -0.2) is 8.78 Å². The number of rotatable bonds is 3. The first-order chi connectivity index (χ1) is 6.53. The van der Waals surface area contributed by atoms with Crippen LogP contribution in [0.5, 0.6) is 0 Å². The summed E-state index contributed by atoms with van der Waals surface area (Å²) in [6, 6.07) is 0.198. The van der Waals surface area contributed by atoms with E-state index in [1.165, 1.54) is 0 Å². The largest absolute Gasteiger partial charge is 0.377 e. The third-order valence-corrected chi connectivity index (χ3v) is 3.59. The lowest BCUT2D eigenvalue weighted by atomic mass is 9.57. The van der Waals surface area contributed by atoms with E-state index < -0.39 is 6.43 Å². The molecule has 3 atom stereocenters. The molecule has 1 aliphatic heterocycles. The SMILES string of the molecule is CC1(C)C(NCC(F)F)C2CCOC21. The van der Waals surface area contributed by atoms with Gasteiger partial charge in [0.1, 0.15) is 0 Å². The summed E-state index contributed by atoms with van der Waals surface area (Å²) < 4.78 is 29.7. The van der Waals surface area contributed by atoms with E-state index in [9.17, 15) is 8.78 Å². The van der Waals surface area contributed by atoms with Gasteiger partial charge in [0.15, 0.2) is 0 Å². The van der Waals surface area contributed by atoms with E-state index >= 15 is 0 Å². The summed E-state index contributed by atoms with van der Waals surface area (Å²) in [5, 5.41) is 2.95. The highest BCUT2D eigenvalue weighted by molar-refractivity contribution is 5.11. The Bertz CT molecular complexity index is 220. The predicted molar refractivity (Wildman–Crippen MR) is 49.4 cm³/mol. The average Bonchev–Trinajstić information content (AvgIpc) is 2.49. The fourth-order valence-electron chi connectivity index (χ4n) is 2.95. The first kappa shape index (κ1) is 10.3. The molecule has 0 aromatic rings. The van der Waals surface area contributed by atoms with Crippen molar-refractivity contribution in [2.45, 2.75) is 38.8 Å². The molecule has 3 unspecified atom stereocenters. The Balaban J connectivity index is 1.92. The Morgan fingerprint density at radius 2 is 2.21 bits per heavy atom. The quantitative estimate of drug-likeness (QED) is 0.756. The molecule has 1 saturated heterocycles. The Kier molecular flexibility index (Phi) is 2.52. The molecule has 0 spiro atoms. The van der Waals surface area contributed by atoms with Gasteiger partial charge in [0.25, 0.3) is 6.43 Å². The maximum Gasteiger partial charge on any atom is 0.250 e. The minimum absolute atomic E-state index is 0.00998. The molecule has 4 heteroatoms. The molecule has 0 bridgehead atoms. The molecule has 2 fully saturated rings. The zero-order valence-electron chi connectivity index (χ0n) is 8.59. The van der Waals surface area contributed by atoms with E-state index in [-0.39, 0.29) is 24.1 Å². The number of halogens is 2. The van der Waals surface area contributed by atoms with Crippen LogP contribution in [0.25, 0.3) is 0 Å². The summed E-state index contributed by atoms with van der Waals surface area (Å²) in [6.07, 6.45) is -0.973. The molecule has 0 radical (unpaired) electrons.